The van der Waals surface area contributed by atoms with Gasteiger partial charge in [0.2, 0.25) is 15.9 Å². The average Bonchev–Trinajstić information content (AvgIpc) is 1.98. The van der Waals surface area contributed by atoms with Crippen LogP contribution in [0.4, 0.5) is 4.39 Å². The van der Waals surface area contributed by atoms with E-state index in [0.29, 0.717) is 0 Å². The first-order valence-corrected chi connectivity index (χ1v) is 5.43. The number of nitrogens with one attached hydrogen (secondary N) is 1. The van der Waals surface area contributed by atoms with E-state index in [2.05, 4.69) is 0 Å². The van der Waals surface area contributed by atoms with Crippen LogP contribution in [-0.2, 0) is 14.8 Å². The van der Waals surface area contributed by atoms with Crippen molar-refractivity contribution in [1.29, 1.82) is 0 Å². The van der Waals surface area contributed by atoms with Gasteiger partial charge in [-0.2, -0.15) is 0 Å². The van der Waals surface area contributed by atoms with Gasteiger partial charge in [-0.1, -0.05) is 0 Å². The van der Waals surface area contributed by atoms with Crippen molar-refractivity contribution in [3.63, 3.8) is 0 Å². The van der Waals surface area contributed by atoms with Gasteiger partial charge in [0.25, 0.3) is 0 Å². The fourth-order valence-corrected chi connectivity index (χ4v) is 1.61. The van der Waals surface area contributed by atoms with Crippen molar-refractivity contribution in [2.24, 2.45) is 0 Å². The molecule has 1 rings (SSSR count). The third-order valence-electron chi connectivity index (χ3n) is 1.81. The number of hydrogen-bond acceptors (Lipinski definition) is 3. The van der Waals surface area contributed by atoms with Crippen LogP contribution in [0.3, 0.4) is 0 Å². The fourth-order valence-electron chi connectivity index (χ4n) is 0.954. The monoisotopic (exact) mass is 210 g/mol. The number of carbonyl (C=O) groups is 1. The summed E-state index contributed by atoms with van der Waals surface area (Å²) in [6.45, 7) is 0.0239. The lowest BCUT2D eigenvalue weighted by atomic mass is 10.2. The quantitative estimate of drug-likeness (QED) is 0.630. The van der Waals surface area contributed by atoms with Crippen molar-refractivity contribution in [3.05, 3.63) is 0 Å². The largest absolute Gasteiger partial charge is 0.336 e. The molecule has 0 aromatic heterocycles. The van der Waals surface area contributed by atoms with Crippen LogP contribution in [0.5, 0.6) is 0 Å². The third-order valence-corrected chi connectivity index (χ3v) is 3.06. The van der Waals surface area contributed by atoms with Gasteiger partial charge in [-0.3, -0.25) is 4.79 Å². The number of likely N-dealkylation sites (tertiary alicyclic amines) is 1. The molecule has 1 aliphatic heterocycles. The number of sulfonamides is 1. The minimum atomic E-state index is -3.52. The second-order valence-electron chi connectivity index (χ2n) is 2.86. The molecular weight excluding hydrogens is 199 g/mol. The molecule has 1 aliphatic rings. The third kappa shape index (κ3) is 2.63. The Hall–Kier alpha value is -0.690. The van der Waals surface area contributed by atoms with E-state index in [-0.39, 0.29) is 13.1 Å². The van der Waals surface area contributed by atoms with E-state index in [1.807, 2.05) is 4.72 Å². The number of amides is 1. The summed E-state index contributed by atoms with van der Waals surface area (Å²) in [5.74, 6) is -1.15. The predicted molar refractivity (Wildman–Crippen MR) is 44.3 cm³/mol. The molecule has 0 saturated carbocycles. The summed E-state index contributed by atoms with van der Waals surface area (Å²) >= 11 is 0. The summed E-state index contributed by atoms with van der Waals surface area (Å²) < 4.78 is 36.1. The molecule has 5 nitrogen and oxygen atoms in total. The van der Waals surface area contributed by atoms with Crippen molar-refractivity contribution < 1.29 is 17.6 Å². The van der Waals surface area contributed by atoms with Gasteiger partial charge in [0.1, 0.15) is 11.9 Å². The molecule has 0 atom stereocenters. The highest BCUT2D eigenvalue weighted by Crippen LogP contribution is 2.11. The molecule has 1 N–H and O–H groups in total. The summed E-state index contributed by atoms with van der Waals surface area (Å²) in [6, 6.07) is 0. The van der Waals surface area contributed by atoms with E-state index in [1.54, 1.807) is 0 Å². The fraction of sp³-hybridized carbons (Fsp3) is 0.833. The van der Waals surface area contributed by atoms with Crippen molar-refractivity contribution >= 4 is 15.9 Å². The van der Waals surface area contributed by atoms with Crippen LogP contribution in [-0.4, -0.2) is 51.3 Å². The zero-order valence-electron chi connectivity index (χ0n) is 7.16. The number of nitrogens with zero attached hydrogens (tertiary/aromatic N) is 1. The summed E-state index contributed by atoms with van der Waals surface area (Å²) in [5.41, 5.74) is 0. The lowest BCUT2D eigenvalue weighted by Crippen LogP contribution is -2.53. The maximum Gasteiger partial charge on any atom is 0.239 e. The normalized spacial score (nSPS) is 18.5. The van der Waals surface area contributed by atoms with E-state index < -0.39 is 27.9 Å². The molecule has 7 heteroatoms. The molecule has 13 heavy (non-hydrogen) atoms. The number of halogens is 1. The second kappa shape index (κ2) is 3.59. The lowest BCUT2D eigenvalue weighted by molar-refractivity contribution is -0.135. The molecule has 76 valence electrons. The summed E-state index contributed by atoms with van der Waals surface area (Å²) in [5, 5.41) is 0. The van der Waals surface area contributed by atoms with E-state index in [1.165, 1.54) is 11.9 Å². The molecule has 1 heterocycles. The van der Waals surface area contributed by atoms with Crippen LogP contribution in [0.15, 0.2) is 0 Å². The Balaban J connectivity index is 2.43. The highest BCUT2D eigenvalue weighted by molar-refractivity contribution is 7.90. The first kappa shape index (κ1) is 10.4. The number of hydrogen-bond donors (Lipinski definition) is 1. The molecule has 0 unspecified atom stereocenters. The topological polar surface area (TPSA) is 66.5 Å². The summed E-state index contributed by atoms with van der Waals surface area (Å²) in [6.07, 6.45) is -0.999. The maximum absolute atomic E-state index is 12.3. The predicted octanol–water partition coefficient (Wildman–Crippen LogP) is -1.28. The van der Waals surface area contributed by atoms with Gasteiger partial charge < -0.3 is 4.90 Å². The standard InChI is InChI=1S/C6H11FN2O3S/c1-8-13(11,12)4-6(10)9-2-5(7)3-9/h5,8H,2-4H2,1H3. The van der Waals surface area contributed by atoms with Crippen LogP contribution >= 0.6 is 0 Å². The average molecular weight is 210 g/mol. The van der Waals surface area contributed by atoms with Crippen LogP contribution in [0.2, 0.25) is 0 Å². The van der Waals surface area contributed by atoms with Gasteiger partial charge in [-0.25, -0.2) is 17.5 Å². The zero-order valence-corrected chi connectivity index (χ0v) is 7.97. The number of rotatable bonds is 3. The Morgan fingerprint density at radius 3 is 2.54 bits per heavy atom. The maximum atomic E-state index is 12.3. The molecule has 1 amide bonds. The highest BCUT2D eigenvalue weighted by atomic mass is 32.2. The van der Waals surface area contributed by atoms with Gasteiger partial charge in [0.15, 0.2) is 0 Å². The molecule has 1 fully saturated rings. The molecule has 0 aromatic rings. The van der Waals surface area contributed by atoms with Gasteiger partial charge in [0, 0.05) is 0 Å². The molecule has 0 aromatic carbocycles. The van der Waals surface area contributed by atoms with Crippen molar-refractivity contribution in [3.8, 4) is 0 Å². The molecule has 0 radical (unpaired) electrons. The molecule has 1 saturated heterocycles. The summed E-state index contributed by atoms with van der Waals surface area (Å²) in [7, 11) is -2.29. The van der Waals surface area contributed by atoms with Gasteiger partial charge in [-0.15, -0.1) is 0 Å². The van der Waals surface area contributed by atoms with Gasteiger partial charge in [-0.05, 0) is 7.05 Å². The Morgan fingerprint density at radius 2 is 2.15 bits per heavy atom. The van der Waals surface area contributed by atoms with Gasteiger partial charge in [0.05, 0.1) is 13.1 Å². The summed E-state index contributed by atoms with van der Waals surface area (Å²) in [4.78, 5) is 12.3. The molecule has 0 aliphatic carbocycles. The number of carbonyl (C=O) groups excluding carboxylic acids is 1. The van der Waals surface area contributed by atoms with Gasteiger partial charge >= 0.3 is 0 Å². The SMILES string of the molecule is CNS(=O)(=O)CC(=O)N1CC(F)C1. The Labute approximate surface area is 76.0 Å². The molecular formula is C6H11FN2O3S. The molecule has 0 bridgehead atoms. The van der Waals surface area contributed by atoms with E-state index >= 15 is 0 Å². The van der Waals surface area contributed by atoms with Crippen molar-refractivity contribution in [2.75, 3.05) is 25.9 Å². The van der Waals surface area contributed by atoms with Crippen LogP contribution in [0, 0.1) is 0 Å². The molecule has 0 spiro atoms. The zero-order chi connectivity index (χ0) is 10.1. The first-order chi connectivity index (χ1) is 5.94. The Kier molecular flexibility index (Phi) is 2.87. The van der Waals surface area contributed by atoms with Crippen LogP contribution < -0.4 is 4.72 Å². The van der Waals surface area contributed by atoms with Crippen LogP contribution in [0.25, 0.3) is 0 Å². The first-order valence-electron chi connectivity index (χ1n) is 3.77. The smallest absolute Gasteiger partial charge is 0.239 e. The van der Waals surface area contributed by atoms with Crippen molar-refractivity contribution in [2.45, 2.75) is 6.17 Å². The minimum absolute atomic E-state index is 0.0120. The van der Waals surface area contributed by atoms with E-state index in [9.17, 15) is 17.6 Å². The Bertz CT molecular complexity index is 297. The highest BCUT2D eigenvalue weighted by Gasteiger charge is 2.32. The van der Waals surface area contributed by atoms with Crippen LogP contribution in [0.1, 0.15) is 0 Å². The van der Waals surface area contributed by atoms with E-state index in [0.717, 1.165) is 0 Å². The lowest BCUT2D eigenvalue weighted by Gasteiger charge is -2.34. The van der Waals surface area contributed by atoms with E-state index in [4.69, 9.17) is 0 Å². The number of alkyl halides is 1. The second-order valence-corrected chi connectivity index (χ2v) is 4.79. The van der Waals surface area contributed by atoms with Crippen molar-refractivity contribution in [1.82, 2.24) is 9.62 Å². The Morgan fingerprint density at radius 1 is 1.62 bits per heavy atom. The minimum Gasteiger partial charge on any atom is -0.336 e.